The van der Waals surface area contributed by atoms with Crippen LogP contribution < -0.4 is 20.9 Å². The van der Waals surface area contributed by atoms with Crippen LogP contribution in [0.4, 0.5) is 11.4 Å². The fourth-order valence-corrected chi connectivity index (χ4v) is 1.40. The molecule has 0 bridgehead atoms. The average molecular weight is 246 g/mol. The maximum absolute atomic E-state index is 11.5. The Hall–Kier alpha value is -2.50. The summed E-state index contributed by atoms with van der Waals surface area (Å²) < 4.78 is 5.42. The third kappa shape index (κ3) is 2.42. The van der Waals surface area contributed by atoms with Crippen molar-refractivity contribution in [2.75, 3.05) is 24.7 Å². The molecule has 0 unspecified atom stereocenters. The van der Waals surface area contributed by atoms with E-state index in [1.54, 1.807) is 12.1 Å². The maximum Gasteiger partial charge on any atom is 0.311 e. The highest BCUT2D eigenvalue weighted by Crippen LogP contribution is 2.29. The first kappa shape index (κ1) is 12.0. The van der Waals surface area contributed by atoms with Crippen molar-refractivity contribution in [3.8, 4) is 11.6 Å². The van der Waals surface area contributed by atoms with Crippen molar-refractivity contribution < 1.29 is 4.74 Å². The maximum atomic E-state index is 11.5. The number of benzene rings is 1. The Morgan fingerprint density at radius 1 is 1.39 bits per heavy atom. The first-order chi connectivity index (χ1) is 8.58. The summed E-state index contributed by atoms with van der Waals surface area (Å²) >= 11 is 0. The summed E-state index contributed by atoms with van der Waals surface area (Å²) in [5.41, 5.74) is 6.78. The van der Waals surface area contributed by atoms with E-state index in [2.05, 4.69) is 9.97 Å². The fourth-order valence-electron chi connectivity index (χ4n) is 1.40. The monoisotopic (exact) mass is 246 g/mol. The molecule has 2 aromatic rings. The molecule has 0 aliphatic heterocycles. The standard InChI is InChI=1S/C12H14N4O2/c1-16(2)8-3-4-9(13)10(7-8)18-12-11(17)14-5-6-15-12/h3-7H,13H2,1-2H3,(H,14,17). The number of nitrogens with one attached hydrogen (secondary N) is 1. The Labute approximate surface area is 104 Å². The van der Waals surface area contributed by atoms with E-state index in [9.17, 15) is 4.79 Å². The highest BCUT2D eigenvalue weighted by atomic mass is 16.5. The van der Waals surface area contributed by atoms with E-state index in [0.29, 0.717) is 11.4 Å². The van der Waals surface area contributed by atoms with Crippen LogP contribution in [0.3, 0.4) is 0 Å². The summed E-state index contributed by atoms with van der Waals surface area (Å²) in [6.45, 7) is 0. The molecule has 0 saturated heterocycles. The third-order valence-electron chi connectivity index (χ3n) is 2.40. The van der Waals surface area contributed by atoms with Crippen molar-refractivity contribution in [3.05, 3.63) is 40.9 Å². The second-order valence-corrected chi connectivity index (χ2v) is 3.94. The van der Waals surface area contributed by atoms with Crippen LogP contribution in [0.2, 0.25) is 0 Å². The first-order valence-electron chi connectivity index (χ1n) is 5.36. The highest BCUT2D eigenvalue weighted by Gasteiger charge is 2.08. The number of nitrogens with two attached hydrogens (primary N) is 1. The number of hydrogen-bond donors (Lipinski definition) is 2. The van der Waals surface area contributed by atoms with E-state index in [1.165, 1.54) is 12.4 Å². The first-order valence-corrected chi connectivity index (χ1v) is 5.36. The predicted molar refractivity (Wildman–Crippen MR) is 70.1 cm³/mol. The zero-order chi connectivity index (χ0) is 13.1. The molecule has 1 aromatic carbocycles. The van der Waals surface area contributed by atoms with Gasteiger partial charge in [-0.15, -0.1) is 0 Å². The topological polar surface area (TPSA) is 84.2 Å². The van der Waals surface area contributed by atoms with E-state index in [-0.39, 0.29) is 5.88 Å². The smallest absolute Gasteiger partial charge is 0.311 e. The lowest BCUT2D eigenvalue weighted by Crippen LogP contribution is -2.11. The van der Waals surface area contributed by atoms with Gasteiger partial charge in [0, 0.05) is 38.2 Å². The van der Waals surface area contributed by atoms with Gasteiger partial charge in [0.15, 0.2) is 5.75 Å². The van der Waals surface area contributed by atoms with Crippen LogP contribution >= 0.6 is 0 Å². The van der Waals surface area contributed by atoms with Crippen LogP contribution in [0.5, 0.6) is 11.6 Å². The number of ether oxygens (including phenoxy) is 1. The lowest BCUT2D eigenvalue weighted by molar-refractivity contribution is 0.456. The summed E-state index contributed by atoms with van der Waals surface area (Å²) in [6, 6.07) is 5.34. The average Bonchev–Trinajstić information content (AvgIpc) is 2.34. The van der Waals surface area contributed by atoms with Crippen molar-refractivity contribution >= 4 is 11.4 Å². The predicted octanol–water partition coefficient (Wildman–Crippen LogP) is 1.21. The third-order valence-corrected chi connectivity index (χ3v) is 2.40. The highest BCUT2D eigenvalue weighted by molar-refractivity contribution is 5.62. The van der Waals surface area contributed by atoms with Crippen LogP contribution in [0, 0.1) is 0 Å². The second kappa shape index (κ2) is 4.79. The molecule has 2 rings (SSSR count). The van der Waals surface area contributed by atoms with Gasteiger partial charge >= 0.3 is 5.56 Å². The largest absolute Gasteiger partial charge is 0.432 e. The zero-order valence-electron chi connectivity index (χ0n) is 10.2. The van der Waals surface area contributed by atoms with Gasteiger partial charge in [-0.2, -0.15) is 0 Å². The zero-order valence-corrected chi connectivity index (χ0v) is 10.2. The molecule has 0 aliphatic rings. The lowest BCUT2D eigenvalue weighted by Gasteiger charge is -2.14. The molecule has 0 aliphatic carbocycles. The van der Waals surface area contributed by atoms with E-state index in [1.807, 2.05) is 25.1 Å². The van der Waals surface area contributed by atoms with Gasteiger partial charge in [0.2, 0.25) is 0 Å². The minimum atomic E-state index is -0.396. The van der Waals surface area contributed by atoms with E-state index in [0.717, 1.165) is 5.69 Å². The van der Waals surface area contributed by atoms with Crippen LogP contribution in [-0.4, -0.2) is 24.1 Å². The summed E-state index contributed by atoms with van der Waals surface area (Å²) in [4.78, 5) is 19.7. The van der Waals surface area contributed by atoms with Crippen LogP contribution in [0.1, 0.15) is 0 Å². The quantitative estimate of drug-likeness (QED) is 0.795. The SMILES string of the molecule is CN(C)c1ccc(N)c(Oc2ncc[nH]c2=O)c1. The van der Waals surface area contributed by atoms with Crippen LogP contribution in [0.25, 0.3) is 0 Å². The normalized spacial score (nSPS) is 10.1. The molecule has 18 heavy (non-hydrogen) atoms. The van der Waals surface area contributed by atoms with Gasteiger partial charge in [0.1, 0.15) is 0 Å². The Bertz CT molecular complexity index is 607. The summed E-state index contributed by atoms with van der Waals surface area (Å²) in [6.07, 6.45) is 2.89. The Morgan fingerprint density at radius 3 is 2.83 bits per heavy atom. The Balaban J connectivity index is 2.37. The molecule has 1 heterocycles. The van der Waals surface area contributed by atoms with E-state index < -0.39 is 5.56 Å². The minimum Gasteiger partial charge on any atom is -0.432 e. The molecule has 0 atom stereocenters. The van der Waals surface area contributed by atoms with Gasteiger partial charge in [0.05, 0.1) is 5.69 Å². The van der Waals surface area contributed by atoms with Gasteiger partial charge in [0.25, 0.3) is 5.88 Å². The van der Waals surface area contributed by atoms with E-state index >= 15 is 0 Å². The van der Waals surface area contributed by atoms with Crippen LogP contribution in [-0.2, 0) is 0 Å². The number of hydrogen-bond acceptors (Lipinski definition) is 5. The van der Waals surface area contributed by atoms with Gasteiger partial charge in [-0.05, 0) is 12.1 Å². The number of aromatic amines is 1. The molecule has 94 valence electrons. The van der Waals surface area contributed by atoms with Crippen molar-refractivity contribution in [3.63, 3.8) is 0 Å². The molecule has 0 spiro atoms. The second-order valence-electron chi connectivity index (χ2n) is 3.94. The number of aromatic nitrogens is 2. The molecule has 6 nitrogen and oxygen atoms in total. The number of rotatable bonds is 3. The molecule has 0 fully saturated rings. The minimum absolute atomic E-state index is 0.0277. The Kier molecular flexibility index (Phi) is 3.18. The van der Waals surface area contributed by atoms with Gasteiger partial charge < -0.3 is 20.4 Å². The molecular weight excluding hydrogens is 232 g/mol. The van der Waals surface area contributed by atoms with Gasteiger partial charge in [-0.25, -0.2) is 4.98 Å². The van der Waals surface area contributed by atoms with Gasteiger partial charge in [-0.3, -0.25) is 4.79 Å². The molecule has 1 aromatic heterocycles. The van der Waals surface area contributed by atoms with Crippen molar-refractivity contribution in [2.45, 2.75) is 0 Å². The Morgan fingerprint density at radius 2 is 2.17 bits per heavy atom. The fraction of sp³-hybridized carbons (Fsp3) is 0.167. The number of nitrogens with zero attached hydrogens (tertiary/aromatic N) is 2. The van der Waals surface area contributed by atoms with Crippen molar-refractivity contribution in [1.82, 2.24) is 9.97 Å². The van der Waals surface area contributed by atoms with Gasteiger partial charge in [-0.1, -0.05) is 0 Å². The summed E-state index contributed by atoms with van der Waals surface area (Å²) in [5, 5.41) is 0. The number of anilines is 2. The van der Waals surface area contributed by atoms with Crippen LogP contribution in [0.15, 0.2) is 35.4 Å². The molecule has 0 radical (unpaired) electrons. The molecule has 0 amide bonds. The van der Waals surface area contributed by atoms with Crippen molar-refractivity contribution in [1.29, 1.82) is 0 Å². The van der Waals surface area contributed by atoms with E-state index in [4.69, 9.17) is 10.5 Å². The molecule has 0 saturated carbocycles. The molecular formula is C12H14N4O2. The summed E-state index contributed by atoms with van der Waals surface area (Å²) in [5.74, 6) is 0.380. The van der Waals surface area contributed by atoms with Crippen molar-refractivity contribution in [2.24, 2.45) is 0 Å². The number of H-pyrrole nitrogens is 1. The molecule has 6 heteroatoms. The summed E-state index contributed by atoms with van der Waals surface area (Å²) in [7, 11) is 3.81. The lowest BCUT2D eigenvalue weighted by atomic mass is 10.2. The number of nitrogen functional groups attached to an aromatic ring is 1. The molecule has 3 N–H and O–H groups in total.